The first kappa shape index (κ1) is 22.6. The van der Waals surface area contributed by atoms with Gasteiger partial charge >= 0.3 is 4.87 Å². The minimum Gasteiger partial charge on any atom is -0.326 e. The number of carbonyl (C=O) groups excluding carboxylic acids is 1. The van der Waals surface area contributed by atoms with Crippen molar-refractivity contribution in [2.24, 2.45) is 5.92 Å². The minimum absolute atomic E-state index is 0.00924. The summed E-state index contributed by atoms with van der Waals surface area (Å²) in [5.74, 6) is -1.28. The van der Waals surface area contributed by atoms with Crippen molar-refractivity contribution in [2.45, 2.75) is 37.6 Å². The Bertz CT molecular complexity index is 1310. The predicted octanol–water partition coefficient (Wildman–Crippen LogP) is 3.82. The summed E-state index contributed by atoms with van der Waals surface area (Å²) >= 11 is 1.13. The molecule has 0 unspecified atom stereocenters. The highest BCUT2D eigenvalue weighted by Gasteiger charge is 2.33. The van der Waals surface area contributed by atoms with Gasteiger partial charge in [-0.05, 0) is 69.2 Å². The molecule has 2 aromatic carbocycles. The van der Waals surface area contributed by atoms with Crippen molar-refractivity contribution in [2.75, 3.05) is 18.4 Å². The number of halogens is 1. The molecule has 0 bridgehead atoms. The van der Waals surface area contributed by atoms with Gasteiger partial charge < -0.3 is 5.32 Å². The molecule has 1 aromatic heterocycles. The van der Waals surface area contributed by atoms with E-state index in [1.165, 1.54) is 16.4 Å². The number of piperidine rings is 1. The fourth-order valence-electron chi connectivity index (χ4n) is 3.98. The molecule has 1 N–H and O–H groups in total. The van der Waals surface area contributed by atoms with E-state index in [9.17, 15) is 22.4 Å². The van der Waals surface area contributed by atoms with E-state index in [-0.39, 0.29) is 28.3 Å². The number of carbonyl (C=O) groups is 1. The van der Waals surface area contributed by atoms with Crippen LogP contribution in [-0.4, -0.2) is 36.3 Å². The second-order valence-corrected chi connectivity index (χ2v) is 11.1. The topological polar surface area (TPSA) is 88.5 Å². The molecule has 4 rings (SSSR count). The Hall–Kier alpha value is -2.56. The number of nitrogens with one attached hydrogen (secondary N) is 1. The number of benzene rings is 2. The van der Waals surface area contributed by atoms with Crippen LogP contribution in [0.2, 0.25) is 0 Å². The first-order chi connectivity index (χ1) is 15.2. The Labute approximate surface area is 189 Å². The Balaban J connectivity index is 1.50. The Morgan fingerprint density at radius 2 is 1.91 bits per heavy atom. The molecule has 32 heavy (non-hydrogen) atoms. The van der Waals surface area contributed by atoms with E-state index < -0.39 is 21.8 Å². The van der Waals surface area contributed by atoms with Crippen molar-refractivity contribution >= 4 is 43.2 Å². The number of aromatic nitrogens is 1. The highest BCUT2D eigenvalue weighted by molar-refractivity contribution is 7.89. The minimum atomic E-state index is -3.81. The fourth-order valence-corrected chi connectivity index (χ4v) is 6.55. The Morgan fingerprint density at radius 3 is 2.59 bits per heavy atom. The SMILES string of the molecule is CC(C)n1c(=O)sc2cc(NC(=O)[C@H]3CCCN(S(=O)(=O)c4ccc(F)cc4)C3)ccc21. The van der Waals surface area contributed by atoms with Gasteiger partial charge in [0, 0.05) is 24.8 Å². The van der Waals surface area contributed by atoms with E-state index in [1.54, 1.807) is 16.7 Å². The van der Waals surface area contributed by atoms with Crippen LogP contribution in [-0.2, 0) is 14.8 Å². The molecular formula is C22H24FN3O4S2. The van der Waals surface area contributed by atoms with E-state index in [0.29, 0.717) is 25.1 Å². The zero-order valence-electron chi connectivity index (χ0n) is 17.7. The summed E-state index contributed by atoms with van der Waals surface area (Å²) in [5, 5.41) is 2.87. The Kier molecular flexibility index (Phi) is 6.19. The van der Waals surface area contributed by atoms with E-state index in [1.807, 2.05) is 19.9 Å². The van der Waals surface area contributed by atoms with Crippen molar-refractivity contribution in [3.05, 3.63) is 57.9 Å². The molecule has 0 spiro atoms. The highest BCUT2D eigenvalue weighted by Crippen LogP contribution is 2.27. The van der Waals surface area contributed by atoms with Gasteiger partial charge in [0.1, 0.15) is 5.82 Å². The molecule has 3 aromatic rings. The summed E-state index contributed by atoms with van der Waals surface area (Å²) in [6.07, 6.45) is 1.12. The average molecular weight is 478 g/mol. The molecule has 1 fully saturated rings. The van der Waals surface area contributed by atoms with Gasteiger partial charge in [-0.15, -0.1) is 0 Å². The van der Waals surface area contributed by atoms with Crippen molar-refractivity contribution in [1.29, 1.82) is 0 Å². The summed E-state index contributed by atoms with van der Waals surface area (Å²) < 4.78 is 42.8. The summed E-state index contributed by atoms with van der Waals surface area (Å²) in [6, 6.07) is 10.1. The summed E-state index contributed by atoms with van der Waals surface area (Å²) in [6.45, 7) is 4.26. The summed E-state index contributed by atoms with van der Waals surface area (Å²) in [5.41, 5.74) is 1.39. The van der Waals surface area contributed by atoms with Crippen LogP contribution in [0, 0.1) is 11.7 Å². The van der Waals surface area contributed by atoms with Gasteiger partial charge in [0.2, 0.25) is 15.9 Å². The standard InChI is InChI=1S/C22H24FN3O4S2/c1-14(2)26-19-10-7-17(12-20(19)31-22(26)28)24-21(27)15-4-3-11-25(13-15)32(29,30)18-8-5-16(23)6-9-18/h5-10,12,14-15H,3-4,11,13H2,1-2H3,(H,24,27)/t15-/m0/s1. The van der Waals surface area contributed by atoms with Crippen LogP contribution in [0.3, 0.4) is 0 Å². The molecule has 1 amide bonds. The second kappa shape index (κ2) is 8.76. The quantitative estimate of drug-likeness (QED) is 0.605. The van der Waals surface area contributed by atoms with Crippen molar-refractivity contribution in [3.63, 3.8) is 0 Å². The molecule has 10 heteroatoms. The molecular weight excluding hydrogens is 453 g/mol. The third-order valence-electron chi connectivity index (χ3n) is 5.60. The number of amides is 1. The van der Waals surface area contributed by atoms with Crippen molar-refractivity contribution in [1.82, 2.24) is 8.87 Å². The van der Waals surface area contributed by atoms with Crippen LogP contribution < -0.4 is 10.2 Å². The number of hydrogen-bond donors (Lipinski definition) is 1. The third kappa shape index (κ3) is 4.35. The number of hydrogen-bond acceptors (Lipinski definition) is 5. The number of fused-ring (bicyclic) bond motifs is 1. The molecule has 170 valence electrons. The number of nitrogens with zero attached hydrogens (tertiary/aromatic N) is 2. The maximum absolute atomic E-state index is 13.2. The maximum atomic E-state index is 13.2. The lowest BCUT2D eigenvalue weighted by molar-refractivity contribution is -0.120. The van der Waals surface area contributed by atoms with Gasteiger partial charge in [-0.2, -0.15) is 4.31 Å². The zero-order valence-corrected chi connectivity index (χ0v) is 19.4. The number of rotatable bonds is 5. The molecule has 1 aliphatic heterocycles. The number of anilines is 1. The first-order valence-electron chi connectivity index (χ1n) is 10.4. The Morgan fingerprint density at radius 1 is 1.19 bits per heavy atom. The highest BCUT2D eigenvalue weighted by atomic mass is 32.2. The number of sulfonamides is 1. The first-order valence-corrected chi connectivity index (χ1v) is 12.6. The van der Waals surface area contributed by atoms with Gasteiger partial charge in [-0.25, -0.2) is 12.8 Å². The van der Waals surface area contributed by atoms with E-state index >= 15 is 0 Å². The van der Waals surface area contributed by atoms with Gasteiger partial charge in [-0.3, -0.25) is 14.2 Å². The summed E-state index contributed by atoms with van der Waals surface area (Å²) in [4.78, 5) is 25.1. The molecule has 0 radical (unpaired) electrons. The molecule has 2 heterocycles. The normalized spacial score (nSPS) is 17.7. The van der Waals surface area contributed by atoms with Gasteiger partial charge in [0.25, 0.3) is 0 Å². The van der Waals surface area contributed by atoms with E-state index in [2.05, 4.69) is 5.32 Å². The van der Waals surface area contributed by atoms with Crippen LogP contribution in [0.4, 0.5) is 10.1 Å². The van der Waals surface area contributed by atoms with Crippen molar-refractivity contribution < 1.29 is 17.6 Å². The fraction of sp³-hybridized carbons (Fsp3) is 0.364. The zero-order chi connectivity index (χ0) is 23.0. The molecule has 0 aliphatic carbocycles. The molecule has 1 atom stereocenters. The van der Waals surface area contributed by atoms with Crippen LogP contribution in [0.25, 0.3) is 10.2 Å². The third-order valence-corrected chi connectivity index (χ3v) is 8.40. The monoisotopic (exact) mass is 477 g/mol. The average Bonchev–Trinajstić information content (AvgIpc) is 3.09. The summed E-state index contributed by atoms with van der Waals surface area (Å²) in [7, 11) is -3.81. The van der Waals surface area contributed by atoms with Crippen molar-refractivity contribution in [3.8, 4) is 0 Å². The van der Waals surface area contributed by atoms with E-state index in [0.717, 1.165) is 33.7 Å². The largest absolute Gasteiger partial charge is 0.326 e. The molecule has 1 saturated heterocycles. The predicted molar refractivity (Wildman–Crippen MR) is 123 cm³/mol. The second-order valence-electron chi connectivity index (χ2n) is 8.16. The van der Waals surface area contributed by atoms with Crippen LogP contribution in [0.1, 0.15) is 32.7 Å². The van der Waals surface area contributed by atoms with Crippen LogP contribution >= 0.6 is 11.3 Å². The van der Waals surface area contributed by atoms with Crippen LogP contribution in [0.15, 0.2) is 52.2 Å². The molecule has 1 aliphatic rings. The number of thiazole rings is 1. The molecule has 0 saturated carbocycles. The lowest BCUT2D eigenvalue weighted by atomic mass is 9.98. The lowest BCUT2D eigenvalue weighted by Crippen LogP contribution is -2.43. The van der Waals surface area contributed by atoms with Gasteiger partial charge in [0.15, 0.2) is 0 Å². The maximum Gasteiger partial charge on any atom is 0.308 e. The van der Waals surface area contributed by atoms with Gasteiger partial charge in [-0.1, -0.05) is 11.3 Å². The van der Waals surface area contributed by atoms with E-state index in [4.69, 9.17) is 0 Å². The lowest BCUT2D eigenvalue weighted by Gasteiger charge is -2.31. The molecule has 7 nitrogen and oxygen atoms in total. The smallest absolute Gasteiger partial charge is 0.308 e. The van der Waals surface area contributed by atoms with Gasteiger partial charge in [0.05, 0.1) is 21.0 Å². The van der Waals surface area contributed by atoms with Crippen LogP contribution in [0.5, 0.6) is 0 Å².